The summed E-state index contributed by atoms with van der Waals surface area (Å²) in [4.78, 5) is 15.2. The van der Waals surface area contributed by atoms with E-state index in [1.807, 2.05) is 0 Å². The van der Waals surface area contributed by atoms with Gasteiger partial charge in [-0.25, -0.2) is 9.37 Å². The molecular formula is C13H13FN2O2. The van der Waals surface area contributed by atoms with Crippen LogP contribution in [0, 0.1) is 5.82 Å². The van der Waals surface area contributed by atoms with Gasteiger partial charge < -0.3 is 9.73 Å². The average Bonchev–Trinajstić information content (AvgIpc) is 2.85. The van der Waals surface area contributed by atoms with Crippen LogP contribution in [0.15, 0.2) is 34.9 Å². The molecule has 1 heterocycles. The van der Waals surface area contributed by atoms with E-state index in [1.54, 1.807) is 25.4 Å². The molecule has 2 rings (SSSR count). The highest BCUT2D eigenvalue weighted by atomic mass is 19.1. The summed E-state index contributed by atoms with van der Waals surface area (Å²) >= 11 is 0. The molecule has 1 amide bonds. The number of halogens is 1. The monoisotopic (exact) mass is 248 g/mol. The highest BCUT2D eigenvalue weighted by molar-refractivity contribution is 5.75. The van der Waals surface area contributed by atoms with Crippen molar-refractivity contribution in [1.82, 2.24) is 10.3 Å². The van der Waals surface area contributed by atoms with E-state index >= 15 is 0 Å². The Morgan fingerprint density at radius 2 is 2.11 bits per heavy atom. The number of nitrogens with zero attached hydrogens (tertiary/aromatic N) is 1. The molecular weight excluding hydrogens is 235 g/mol. The van der Waals surface area contributed by atoms with Crippen molar-refractivity contribution in [3.05, 3.63) is 42.2 Å². The maximum Gasteiger partial charge on any atom is 0.220 e. The van der Waals surface area contributed by atoms with Crippen LogP contribution in [0.25, 0.3) is 11.3 Å². The van der Waals surface area contributed by atoms with Gasteiger partial charge in [0.25, 0.3) is 0 Å². The molecule has 0 radical (unpaired) electrons. The fraction of sp³-hybridized carbons (Fsp3) is 0.231. The Kier molecular flexibility index (Phi) is 3.72. The average molecular weight is 248 g/mol. The van der Waals surface area contributed by atoms with Gasteiger partial charge in [-0.1, -0.05) is 0 Å². The second-order valence-corrected chi connectivity index (χ2v) is 3.80. The van der Waals surface area contributed by atoms with Gasteiger partial charge in [-0.05, 0) is 24.3 Å². The first kappa shape index (κ1) is 12.3. The van der Waals surface area contributed by atoms with Crippen molar-refractivity contribution in [3.63, 3.8) is 0 Å². The lowest BCUT2D eigenvalue weighted by Gasteiger charge is -1.97. The largest absolute Gasteiger partial charge is 0.441 e. The summed E-state index contributed by atoms with van der Waals surface area (Å²) in [5, 5.41) is 2.53. The fourth-order valence-corrected chi connectivity index (χ4v) is 1.52. The highest BCUT2D eigenvalue weighted by Crippen LogP contribution is 2.20. The van der Waals surface area contributed by atoms with Crippen LogP contribution in [-0.4, -0.2) is 17.9 Å². The maximum absolute atomic E-state index is 12.8. The fourth-order valence-electron chi connectivity index (χ4n) is 1.52. The van der Waals surface area contributed by atoms with E-state index in [4.69, 9.17) is 4.42 Å². The molecule has 5 heteroatoms. The Morgan fingerprint density at radius 3 is 2.78 bits per heavy atom. The number of amides is 1. The number of carbonyl (C=O) groups is 1. The van der Waals surface area contributed by atoms with Crippen molar-refractivity contribution in [2.24, 2.45) is 0 Å². The molecule has 0 saturated heterocycles. The summed E-state index contributed by atoms with van der Waals surface area (Å²) < 4.78 is 18.3. The van der Waals surface area contributed by atoms with E-state index in [1.165, 1.54) is 12.1 Å². The molecule has 0 spiro atoms. The zero-order chi connectivity index (χ0) is 13.0. The molecule has 0 unspecified atom stereocenters. The lowest BCUT2D eigenvalue weighted by Crippen LogP contribution is -2.17. The lowest BCUT2D eigenvalue weighted by atomic mass is 10.2. The Labute approximate surface area is 104 Å². The molecule has 0 fully saturated rings. The Morgan fingerprint density at radius 1 is 1.39 bits per heavy atom. The van der Waals surface area contributed by atoms with Gasteiger partial charge in [-0.2, -0.15) is 0 Å². The van der Waals surface area contributed by atoms with E-state index < -0.39 is 0 Å². The third kappa shape index (κ3) is 2.94. The molecule has 1 aromatic heterocycles. The van der Waals surface area contributed by atoms with Crippen LogP contribution >= 0.6 is 0 Å². The van der Waals surface area contributed by atoms with E-state index in [9.17, 15) is 9.18 Å². The number of rotatable bonds is 4. The highest BCUT2D eigenvalue weighted by Gasteiger charge is 2.08. The van der Waals surface area contributed by atoms with Crippen molar-refractivity contribution in [1.29, 1.82) is 0 Å². The number of carbonyl (C=O) groups excluding carboxylic acids is 1. The minimum absolute atomic E-state index is 0.0588. The van der Waals surface area contributed by atoms with E-state index in [2.05, 4.69) is 10.3 Å². The third-order valence-electron chi connectivity index (χ3n) is 2.53. The first-order chi connectivity index (χ1) is 8.69. The van der Waals surface area contributed by atoms with E-state index in [-0.39, 0.29) is 11.7 Å². The number of hydrogen-bond acceptors (Lipinski definition) is 3. The van der Waals surface area contributed by atoms with E-state index in [0.29, 0.717) is 24.5 Å². The standard InChI is InChI=1S/C13H13FN2O2/c1-15-12(17)6-7-13-16-8-11(18-13)9-2-4-10(14)5-3-9/h2-5,8H,6-7H2,1H3,(H,15,17). The number of hydrogen-bond donors (Lipinski definition) is 1. The lowest BCUT2D eigenvalue weighted by molar-refractivity contribution is -0.120. The first-order valence-corrected chi connectivity index (χ1v) is 5.60. The van der Waals surface area contributed by atoms with Crippen LogP contribution in [0.1, 0.15) is 12.3 Å². The van der Waals surface area contributed by atoms with Crippen LogP contribution < -0.4 is 5.32 Å². The van der Waals surface area contributed by atoms with Gasteiger partial charge in [-0.15, -0.1) is 0 Å². The van der Waals surface area contributed by atoms with Crippen LogP contribution in [-0.2, 0) is 11.2 Å². The predicted molar refractivity (Wildman–Crippen MR) is 64.3 cm³/mol. The second kappa shape index (κ2) is 5.44. The molecule has 94 valence electrons. The van der Waals surface area contributed by atoms with Crippen LogP contribution in [0.4, 0.5) is 4.39 Å². The normalized spacial score (nSPS) is 10.3. The summed E-state index contributed by atoms with van der Waals surface area (Å²) in [5.74, 6) is 0.717. The summed E-state index contributed by atoms with van der Waals surface area (Å²) in [5.41, 5.74) is 0.759. The molecule has 2 aromatic rings. The minimum Gasteiger partial charge on any atom is -0.441 e. The smallest absolute Gasteiger partial charge is 0.220 e. The number of benzene rings is 1. The first-order valence-electron chi connectivity index (χ1n) is 5.60. The number of nitrogens with one attached hydrogen (secondary N) is 1. The number of oxazole rings is 1. The van der Waals surface area contributed by atoms with Crippen LogP contribution in [0.3, 0.4) is 0 Å². The Balaban J connectivity index is 2.06. The van der Waals surface area contributed by atoms with Gasteiger partial charge >= 0.3 is 0 Å². The molecule has 0 bridgehead atoms. The molecule has 18 heavy (non-hydrogen) atoms. The van der Waals surface area contributed by atoms with E-state index in [0.717, 1.165) is 5.56 Å². The molecule has 1 aromatic carbocycles. The van der Waals surface area contributed by atoms with Gasteiger partial charge in [0.1, 0.15) is 5.82 Å². The third-order valence-corrected chi connectivity index (χ3v) is 2.53. The van der Waals surface area contributed by atoms with Crippen molar-refractivity contribution in [2.45, 2.75) is 12.8 Å². The Hall–Kier alpha value is -2.17. The predicted octanol–water partition coefficient (Wildman–Crippen LogP) is 2.16. The van der Waals surface area contributed by atoms with Gasteiger partial charge in [-0.3, -0.25) is 4.79 Å². The second-order valence-electron chi connectivity index (χ2n) is 3.80. The molecule has 1 N–H and O–H groups in total. The van der Waals surface area contributed by atoms with Crippen molar-refractivity contribution in [3.8, 4) is 11.3 Å². The quantitative estimate of drug-likeness (QED) is 0.902. The minimum atomic E-state index is -0.293. The Bertz CT molecular complexity index is 534. The van der Waals surface area contributed by atoms with Gasteiger partial charge in [0.2, 0.25) is 5.91 Å². The van der Waals surface area contributed by atoms with Crippen molar-refractivity contribution in [2.75, 3.05) is 7.05 Å². The zero-order valence-electron chi connectivity index (χ0n) is 9.94. The van der Waals surface area contributed by atoms with Gasteiger partial charge in [0.05, 0.1) is 6.20 Å². The SMILES string of the molecule is CNC(=O)CCc1ncc(-c2ccc(F)cc2)o1. The van der Waals surface area contributed by atoms with Crippen molar-refractivity contribution < 1.29 is 13.6 Å². The molecule has 0 aliphatic rings. The summed E-state index contributed by atoms with van der Waals surface area (Å²) in [6, 6.07) is 5.97. The molecule has 0 atom stereocenters. The van der Waals surface area contributed by atoms with Crippen molar-refractivity contribution >= 4 is 5.91 Å². The van der Waals surface area contributed by atoms with Crippen LogP contribution in [0.5, 0.6) is 0 Å². The van der Waals surface area contributed by atoms with Crippen LogP contribution in [0.2, 0.25) is 0 Å². The maximum atomic E-state index is 12.8. The zero-order valence-corrected chi connectivity index (χ0v) is 9.94. The number of aryl methyl sites for hydroxylation is 1. The summed E-state index contributed by atoms with van der Waals surface area (Å²) in [7, 11) is 1.59. The molecule has 0 saturated carbocycles. The number of aromatic nitrogens is 1. The summed E-state index contributed by atoms with van der Waals surface area (Å²) in [6.45, 7) is 0. The van der Waals surface area contributed by atoms with Gasteiger partial charge in [0, 0.05) is 25.5 Å². The summed E-state index contributed by atoms with van der Waals surface area (Å²) in [6.07, 6.45) is 2.35. The topological polar surface area (TPSA) is 55.1 Å². The molecule has 0 aliphatic carbocycles. The molecule has 0 aliphatic heterocycles. The molecule has 4 nitrogen and oxygen atoms in total. The van der Waals surface area contributed by atoms with Gasteiger partial charge in [0.15, 0.2) is 11.7 Å².